The van der Waals surface area contributed by atoms with Crippen molar-refractivity contribution in [2.75, 3.05) is 0 Å². The van der Waals surface area contributed by atoms with Crippen LogP contribution >= 0.6 is 0 Å². The van der Waals surface area contributed by atoms with Gasteiger partial charge in [0, 0.05) is 0 Å². The molecule has 0 aliphatic heterocycles. The molecule has 0 aromatic heterocycles. The molecule has 2 N–H and O–H groups in total. The topological polar surface area (TPSA) is 66.4 Å². The lowest BCUT2D eigenvalue weighted by molar-refractivity contribution is -0.133. The molecule has 0 spiro atoms. The van der Waals surface area contributed by atoms with Crippen LogP contribution in [0, 0.1) is 6.92 Å². The van der Waals surface area contributed by atoms with E-state index in [9.17, 15) is 9.59 Å². The molecule has 0 aliphatic rings. The molecule has 15 heavy (non-hydrogen) atoms. The van der Waals surface area contributed by atoms with Gasteiger partial charge in [-0.1, -0.05) is 29.8 Å². The lowest BCUT2D eigenvalue weighted by atomic mass is 10.1. The Kier molecular flexibility index (Phi) is 3.62. The normalized spacial score (nSPS) is 10.9. The number of nitrogens with one attached hydrogen (secondary N) is 1. The van der Waals surface area contributed by atoms with E-state index in [-0.39, 0.29) is 5.70 Å². The SMILES string of the molecule is Cc1ccc(/C=C(\NC=O)C(=O)O)cc1. The van der Waals surface area contributed by atoms with E-state index in [1.54, 1.807) is 12.1 Å². The molecular formula is C11H11NO3. The summed E-state index contributed by atoms with van der Waals surface area (Å²) < 4.78 is 0. The molecule has 0 unspecified atom stereocenters. The molecule has 4 nitrogen and oxygen atoms in total. The molecule has 0 saturated heterocycles. The Morgan fingerprint density at radius 3 is 2.40 bits per heavy atom. The second-order valence-corrected chi connectivity index (χ2v) is 3.04. The molecular weight excluding hydrogens is 194 g/mol. The molecule has 0 bridgehead atoms. The zero-order valence-electron chi connectivity index (χ0n) is 8.23. The van der Waals surface area contributed by atoms with Gasteiger partial charge in [0.05, 0.1) is 0 Å². The Bertz CT molecular complexity index is 393. The Morgan fingerprint density at radius 1 is 1.33 bits per heavy atom. The number of aliphatic carboxylic acids is 1. The van der Waals surface area contributed by atoms with Crippen molar-refractivity contribution < 1.29 is 14.7 Å². The fourth-order valence-electron chi connectivity index (χ4n) is 1.06. The number of carbonyl (C=O) groups is 2. The van der Waals surface area contributed by atoms with Crippen molar-refractivity contribution in [1.82, 2.24) is 5.32 Å². The standard InChI is InChI=1S/C11H11NO3/c1-8-2-4-9(5-3-8)6-10(11(14)15)12-7-13/h2-7H,1H3,(H,12,13)(H,14,15)/b10-6-. The third-order valence-corrected chi connectivity index (χ3v) is 1.83. The van der Waals surface area contributed by atoms with E-state index < -0.39 is 5.97 Å². The summed E-state index contributed by atoms with van der Waals surface area (Å²) in [7, 11) is 0. The first-order valence-electron chi connectivity index (χ1n) is 4.35. The summed E-state index contributed by atoms with van der Waals surface area (Å²) >= 11 is 0. The van der Waals surface area contributed by atoms with Crippen molar-refractivity contribution in [3.63, 3.8) is 0 Å². The van der Waals surface area contributed by atoms with Crippen LogP contribution in [0.25, 0.3) is 6.08 Å². The first-order valence-corrected chi connectivity index (χ1v) is 4.35. The van der Waals surface area contributed by atoms with Gasteiger partial charge in [-0.2, -0.15) is 0 Å². The Hall–Kier alpha value is -2.10. The minimum absolute atomic E-state index is 0.145. The van der Waals surface area contributed by atoms with Crippen molar-refractivity contribution in [3.8, 4) is 0 Å². The van der Waals surface area contributed by atoms with Gasteiger partial charge in [-0.25, -0.2) is 4.79 Å². The number of amides is 1. The minimum Gasteiger partial charge on any atom is -0.477 e. The third kappa shape index (κ3) is 3.27. The second kappa shape index (κ2) is 4.95. The molecule has 78 valence electrons. The van der Waals surface area contributed by atoms with Crippen LogP contribution in [0.4, 0.5) is 0 Å². The number of carboxylic acids is 1. The number of benzene rings is 1. The molecule has 0 fully saturated rings. The van der Waals surface area contributed by atoms with Crippen LogP contribution in [0.15, 0.2) is 30.0 Å². The van der Waals surface area contributed by atoms with Crippen LogP contribution in [0.2, 0.25) is 0 Å². The van der Waals surface area contributed by atoms with Crippen molar-refractivity contribution in [2.45, 2.75) is 6.92 Å². The summed E-state index contributed by atoms with van der Waals surface area (Å²) in [6.07, 6.45) is 1.74. The maximum absolute atomic E-state index is 10.7. The highest BCUT2D eigenvalue weighted by Crippen LogP contribution is 2.07. The zero-order valence-corrected chi connectivity index (χ0v) is 8.23. The van der Waals surface area contributed by atoms with Crippen LogP contribution in [0.1, 0.15) is 11.1 Å². The highest BCUT2D eigenvalue weighted by Gasteiger charge is 2.05. The van der Waals surface area contributed by atoms with E-state index in [1.807, 2.05) is 19.1 Å². The number of carbonyl (C=O) groups excluding carboxylic acids is 1. The van der Waals surface area contributed by atoms with Crippen molar-refractivity contribution in [1.29, 1.82) is 0 Å². The lowest BCUT2D eigenvalue weighted by Gasteiger charge is -2.00. The Balaban J connectivity index is 2.96. The van der Waals surface area contributed by atoms with Crippen LogP contribution in [0.3, 0.4) is 0 Å². The Morgan fingerprint density at radius 2 is 1.93 bits per heavy atom. The maximum Gasteiger partial charge on any atom is 0.352 e. The molecule has 1 rings (SSSR count). The van der Waals surface area contributed by atoms with Gasteiger partial charge in [0.15, 0.2) is 0 Å². The Labute approximate surface area is 87.2 Å². The van der Waals surface area contributed by atoms with E-state index in [0.29, 0.717) is 6.41 Å². The van der Waals surface area contributed by atoms with Crippen LogP contribution in [0.5, 0.6) is 0 Å². The molecule has 1 aromatic rings. The number of carboxylic acid groups (broad SMARTS) is 1. The zero-order chi connectivity index (χ0) is 11.3. The molecule has 1 aromatic carbocycles. The number of hydrogen-bond donors (Lipinski definition) is 2. The summed E-state index contributed by atoms with van der Waals surface area (Å²) in [5.74, 6) is -1.16. The molecule has 0 atom stereocenters. The third-order valence-electron chi connectivity index (χ3n) is 1.83. The lowest BCUT2D eigenvalue weighted by Crippen LogP contribution is -2.17. The molecule has 4 heteroatoms. The fraction of sp³-hybridized carbons (Fsp3) is 0.0909. The van der Waals surface area contributed by atoms with Gasteiger partial charge in [0.1, 0.15) is 5.70 Å². The fourth-order valence-corrected chi connectivity index (χ4v) is 1.06. The number of hydrogen-bond acceptors (Lipinski definition) is 2. The van der Waals surface area contributed by atoms with Gasteiger partial charge >= 0.3 is 5.97 Å². The summed E-state index contributed by atoms with van der Waals surface area (Å²) in [6, 6.07) is 7.30. The van der Waals surface area contributed by atoms with Gasteiger partial charge < -0.3 is 10.4 Å². The van der Waals surface area contributed by atoms with E-state index in [1.165, 1.54) is 6.08 Å². The summed E-state index contributed by atoms with van der Waals surface area (Å²) in [5.41, 5.74) is 1.67. The van der Waals surface area contributed by atoms with E-state index in [2.05, 4.69) is 5.32 Å². The highest BCUT2D eigenvalue weighted by atomic mass is 16.4. The quantitative estimate of drug-likeness (QED) is 0.572. The van der Waals surface area contributed by atoms with Gasteiger partial charge in [0.25, 0.3) is 0 Å². The van der Waals surface area contributed by atoms with Crippen LogP contribution < -0.4 is 5.32 Å². The average molecular weight is 205 g/mol. The van der Waals surface area contributed by atoms with Gasteiger partial charge in [0.2, 0.25) is 6.41 Å². The predicted octanol–water partition coefficient (Wildman–Crippen LogP) is 1.17. The van der Waals surface area contributed by atoms with Crippen LogP contribution in [-0.2, 0) is 9.59 Å². The minimum atomic E-state index is -1.16. The molecule has 0 radical (unpaired) electrons. The summed E-state index contributed by atoms with van der Waals surface area (Å²) in [5, 5.41) is 10.9. The van der Waals surface area contributed by atoms with Gasteiger partial charge in [-0.15, -0.1) is 0 Å². The average Bonchev–Trinajstić information content (AvgIpc) is 2.20. The summed E-state index contributed by atoms with van der Waals surface area (Å²) in [6.45, 7) is 1.94. The van der Waals surface area contributed by atoms with Gasteiger partial charge in [-0.05, 0) is 18.6 Å². The predicted molar refractivity (Wildman–Crippen MR) is 56.0 cm³/mol. The number of aryl methyl sites for hydroxylation is 1. The molecule has 0 aliphatic carbocycles. The maximum atomic E-state index is 10.7. The van der Waals surface area contributed by atoms with Gasteiger partial charge in [-0.3, -0.25) is 4.79 Å². The summed E-state index contributed by atoms with van der Waals surface area (Å²) in [4.78, 5) is 20.8. The largest absolute Gasteiger partial charge is 0.477 e. The monoisotopic (exact) mass is 205 g/mol. The number of rotatable bonds is 4. The van der Waals surface area contributed by atoms with Crippen molar-refractivity contribution >= 4 is 18.5 Å². The molecule has 1 amide bonds. The van der Waals surface area contributed by atoms with E-state index >= 15 is 0 Å². The molecule has 0 heterocycles. The van der Waals surface area contributed by atoms with Crippen molar-refractivity contribution in [2.24, 2.45) is 0 Å². The highest BCUT2D eigenvalue weighted by molar-refractivity contribution is 5.93. The molecule has 0 saturated carbocycles. The van der Waals surface area contributed by atoms with E-state index in [4.69, 9.17) is 5.11 Å². The second-order valence-electron chi connectivity index (χ2n) is 3.04. The first-order chi connectivity index (χ1) is 7.13. The first kappa shape index (κ1) is 11.0. The van der Waals surface area contributed by atoms with Crippen molar-refractivity contribution in [3.05, 3.63) is 41.1 Å². The smallest absolute Gasteiger partial charge is 0.352 e. The van der Waals surface area contributed by atoms with Crippen LogP contribution in [-0.4, -0.2) is 17.5 Å². The van der Waals surface area contributed by atoms with E-state index in [0.717, 1.165) is 11.1 Å².